The summed E-state index contributed by atoms with van der Waals surface area (Å²) in [6.07, 6.45) is 9.35. The molecule has 140 valence electrons. The summed E-state index contributed by atoms with van der Waals surface area (Å²) in [5, 5.41) is 4.68. The standard InChI is InChI=1S/C20H27FN4S/c1-23-19(17-9-5-6-10-18(17)21)22-25(20(23)26)14-24(16-11-12-16)13-15-7-3-2-4-8-15/h5-6,9-10,15-16H,2-4,7-8,11-14H2,1H3. The highest BCUT2D eigenvalue weighted by molar-refractivity contribution is 7.71. The number of nitrogens with zero attached hydrogens (tertiary/aromatic N) is 4. The molecule has 2 aliphatic carbocycles. The number of aromatic nitrogens is 3. The Kier molecular flexibility index (Phi) is 5.23. The monoisotopic (exact) mass is 374 g/mol. The van der Waals surface area contributed by atoms with E-state index in [0.29, 0.717) is 28.9 Å². The van der Waals surface area contributed by atoms with Crippen molar-refractivity contribution in [2.75, 3.05) is 6.54 Å². The first-order valence-corrected chi connectivity index (χ1v) is 10.2. The zero-order valence-corrected chi connectivity index (χ0v) is 16.2. The summed E-state index contributed by atoms with van der Waals surface area (Å²) in [7, 11) is 1.87. The summed E-state index contributed by atoms with van der Waals surface area (Å²) >= 11 is 5.60. The van der Waals surface area contributed by atoms with Crippen molar-refractivity contribution in [3.63, 3.8) is 0 Å². The van der Waals surface area contributed by atoms with E-state index in [9.17, 15) is 4.39 Å². The molecule has 1 heterocycles. The molecule has 4 rings (SSSR count). The van der Waals surface area contributed by atoms with Crippen molar-refractivity contribution in [2.24, 2.45) is 13.0 Å². The first-order valence-electron chi connectivity index (χ1n) is 9.76. The van der Waals surface area contributed by atoms with Gasteiger partial charge in [-0.25, -0.2) is 9.07 Å². The zero-order chi connectivity index (χ0) is 18.1. The van der Waals surface area contributed by atoms with Gasteiger partial charge in [0.05, 0.1) is 12.2 Å². The van der Waals surface area contributed by atoms with E-state index >= 15 is 0 Å². The molecule has 6 heteroatoms. The molecule has 2 fully saturated rings. The van der Waals surface area contributed by atoms with Crippen molar-refractivity contribution in [3.05, 3.63) is 34.9 Å². The van der Waals surface area contributed by atoms with Crippen LogP contribution in [0, 0.1) is 16.5 Å². The van der Waals surface area contributed by atoms with Crippen LogP contribution in [0.25, 0.3) is 11.4 Å². The van der Waals surface area contributed by atoms with Crippen LogP contribution in [0.1, 0.15) is 44.9 Å². The molecule has 0 bridgehead atoms. The largest absolute Gasteiger partial charge is 0.303 e. The summed E-state index contributed by atoms with van der Waals surface area (Å²) < 4.78 is 18.5. The van der Waals surface area contributed by atoms with E-state index in [4.69, 9.17) is 12.2 Å². The average molecular weight is 375 g/mol. The number of benzene rings is 1. The van der Waals surface area contributed by atoms with Crippen molar-refractivity contribution < 1.29 is 4.39 Å². The van der Waals surface area contributed by atoms with E-state index in [1.165, 1.54) is 51.0 Å². The van der Waals surface area contributed by atoms with Gasteiger partial charge in [0.2, 0.25) is 0 Å². The van der Waals surface area contributed by atoms with Crippen LogP contribution in [0.3, 0.4) is 0 Å². The average Bonchev–Trinajstić information content (AvgIpc) is 3.46. The molecule has 26 heavy (non-hydrogen) atoms. The van der Waals surface area contributed by atoms with Gasteiger partial charge < -0.3 is 4.57 Å². The van der Waals surface area contributed by atoms with Crippen LogP contribution in [0.15, 0.2) is 24.3 Å². The maximum atomic E-state index is 14.2. The molecule has 0 spiro atoms. The van der Waals surface area contributed by atoms with Crippen LogP contribution in [0.2, 0.25) is 0 Å². The SMILES string of the molecule is Cn1c(-c2ccccc2F)nn(CN(CC2CCCCC2)C2CC2)c1=S. The Bertz CT molecular complexity index is 817. The summed E-state index contributed by atoms with van der Waals surface area (Å²) in [5.74, 6) is 1.14. The van der Waals surface area contributed by atoms with E-state index in [1.807, 2.05) is 22.4 Å². The molecule has 0 radical (unpaired) electrons. The highest BCUT2D eigenvalue weighted by atomic mass is 32.1. The fourth-order valence-corrected chi connectivity index (χ4v) is 4.28. The summed E-state index contributed by atoms with van der Waals surface area (Å²) in [5.41, 5.74) is 0.505. The van der Waals surface area contributed by atoms with E-state index in [2.05, 4.69) is 10.00 Å². The molecule has 2 aromatic rings. The quantitative estimate of drug-likeness (QED) is 0.682. The second-order valence-corrected chi connectivity index (χ2v) is 8.16. The molecular weight excluding hydrogens is 347 g/mol. The Morgan fingerprint density at radius 1 is 1.15 bits per heavy atom. The van der Waals surface area contributed by atoms with Gasteiger partial charge in [0, 0.05) is 19.6 Å². The van der Waals surface area contributed by atoms with Crippen LogP contribution < -0.4 is 0 Å². The highest BCUT2D eigenvalue weighted by Gasteiger charge is 2.31. The van der Waals surface area contributed by atoms with Gasteiger partial charge in [0.1, 0.15) is 5.82 Å². The van der Waals surface area contributed by atoms with Crippen LogP contribution in [-0.2, 0) is 13.7 Å². The Hall–Kier alpha value is -1.53. The molecule has 4 nitrogen and oxygen atoms in total. The van der Waals surface area contributed by atoms with E-state index in [-0.39, 0.29) is 5.82 Å². The molecule has 2 saturated carbocycles. The third-order valence-electron chi connectivity index (χ3n) is 5.75. The van der Waals surface area contributed by atoms with Gasteiger partial charge in [-0.2, -0.15) is 5.10 Å². The van der Waals surface area contributed by atoms with Gasteiger partial charge in [0.25, 0.3) is 0 Å². The third-order valence-corrected chi connectivity index (χ3v) is 6.24. The van der Waals surface area contributed by atoms with Crippen LogP contribution >= 0.6 is 12.2 Å². The first kappa shape index (κ1) is 17.9. The van der Waals surface area contributed by atoms with Gasteiger partial charge in [-0.15, -0.1) is 0 Å². The zero-order valence-electron chi connectivity index (χ0n) is 15.4. The second kappa shape index (κ2) is 7.61. The molecule has 0 N–H and O–H groups in total. The molecular formula is C20H27FN4S. The molecule has 0 amide bonds. The minimum absolute atomic E-state index is 0.260. The maximum Gasteiger partial charge on any atom is 0.199 e. The molecule has 1 aromatic carbocycles. The summed E-state index contributed by atoms with van der Waals surface area (Å²) in [6.45, 7) is 1.85. The highest BCUT2D eigenvalue weighted by Crippen LogP contribution is 2.32. The number of rotatable bonds is 6. The van der Waals surface area contributed by atoms with Gasteiger partial charge in [-0.1, -0.05) is 31.4 Å². The van der Waals surface area contributed by atoms with Gasteiger partial charge in [0.15, 0.2) is 10.6 Å². The summed E-state index contributed by atoms with van der Waals surface area (Å²) in [6, 6.07) is 7.43. The summed E-state index contributed by atoms with van der Waals surface area (Å²) in [4.78, 5) is 2.55. The molecule has 0 atom stereocenters. The first-order chi connectivity index (χ1) is 12.6. The fourth-order valence-electron chi connectivity index (χ4n) is 4.09. The van der Waals surface area contributed by atoms with Crippen molar-refractivity contribution in [2.45, 2.75) is 57.7 Å². The topological polar surface area (TPSA) is 26.0 Å². The predicted molar refractivity (Wildman–Crippen MR) is 104 cm³/mol. The molecule has 0 saturated heterocycles. The minimum atomic E-state index is -0.260. The molecule has 0 aliphatic heterocycles. The third kappa shape index (κ3) is 3.76. The van der Waals surface area contributed by atoms with E-state index in [1.54, 1.807) is 12.1 Å². The van der Waals surface area contributed by atoms with Crippen LogP contribution in [-0.4, -0.2) is 31.8 Å². The van der Waals surface area contributed by atoms with Crippen molar-refractivity contribution >= 4 is 12.2 Å². The Labute approximate surface area is 159 Å². The molecule has 1 aromatic heterocycles. The van der Waals surface area contributed by atoms with Crippen LogP contribution in [0.5, 0.6) is 0 Å². The van der Waals surface area contributed by atoms with E-state index in [0.717, 1.165) is 12.5 Å². The minimum Gasteiger partial charge on any atom is -0.303 e. The van der Waals surface area contributed by atoms with Gasteiger partial charge in [-0.3, -0.25) is 4.90 Å². The lowest BCUT2D eigenvalue weighted by atomic mass is 9.89. The smallest absolute Gasteiger partial charge is 0.199 e. The lowest BCUT2D eigenvalue weighted by Gasteiger charge is -2.29. The lowest BCUT2D eigenvalue weighted by Crippen LogP contribution is -2.34. The van der Waals surface area contributed by atoms with Gasteiger partial charge in [-0.05, 0) is 56.0 Å². The van der Waals surface area contributed by atoms with Crippen molar-refractivity contribution in [3.8, 4) is 11.4 Å². The van der Waals surface area contributed by atoms with E-state index < -0.39 is 0 Å². The second-order valence-electron chi connectivity index (χ2n) is 7.79. The van der Waals surface area contributed by atoms with Crippen molar-refractivity contribution in [1.29, 1.82) is 0 Å². The normalized spacial score (nSPS) is 18.6. The fraction of sp³-hybridized carbons (Fsp3) is 0.600. The Morgan fingerprint density at radius 2 is 1.88 bits per heavy atom. The predicted octanol–water partition coefficient (Wildman–Crippen LogP) is 4.76. The van der Waals surface area contributed by atoms with Crippen molar-refractivity contribution in [1.82, 2.24) is 19.2 Å². The van der Waals surface area contributed by atoms with Gasteiger partial charge >= 0.3 is 0 Å². The molecule has 2 aliphatic rings. The number of hydrogen-bond donors (Lipinski definition) is 0. The Morgan fingerprint density at radius 3 is 2.58 bits per heavy atom. The molecule has 0 unspecified atom stereocenters. The lowest BCUT2D eigenvalue weighted by molar-refractivity contribution is 0.147. The maximum absolute atomic E-state index is 14.2. The Balaban J connectivity index is 1.56. The number of halogens is 1. The van der Waals surface area contributed by atoms with Crippen LogP contribution in [0.4, 0.5) is 4.39 Å². The number of hydrogen-bond acceptors (Lipinski definition) is 3.